The highest BCUT2D eigenvalue weighted by Gasteiger charge is 2.19. The maximum atomic E-state index is 12.0. The van der Waals surface area contributed by atoms with Gasteiger partial charge in [0, 0.05) is 12.6 Å². The summed E-state index contributed by atoms with van der Waals surface area (Å²) in [6, 6.07) is 11.7. The summed E-state index contributed by atoms with van der Waals surface area (Å²) >= 11 is 0. The van der Waals surface area contributed by atoms with E-state index in [1.807, 2.05) is 36.4 Å². The third-order valence-corrected chi connectivity index (χ3v) is 4.32. The monoisotopic (exact) mass is 327 g/mol. The van der Waals surface area contributed by atoms with E-state index in [-0.39, 0.29) is 11.9 Å². The zero-order valence-corrected chi connectivity index (χ0v) is 13.9. The topological polar surface area (TPSA) is 85.0 Å². The third-order valence-electron chi connectivity index (χ3n) is 4.32. The Labute approximate surface area is 142 Å². The Morgan fingerprint density at radius 1 is 1.33 bits per heavy atom. The predicted molar refractivity (Wildman–Crippen MR) is 94.9 cm³/mol. The van der Waals surface area contributed by atoms with Gasteiger partial charge < -0.3 is 16.4 Å². The van der Waals surface area contributed by atoms with Gasteiger partial charge in [0.25, 0.3) is 0 Å². The maximum Gasteiger partial charge on any atom is 0.237 e. The molecule has 3 rings (SSSR count). The van der Waals surface area contributed by atoms with Crippen molar-refractivity contribution in [3.8, 4) is 5.69 Å². The number of nitrogen functional groups attached to an aromatic ring is 1. The summed E-state index contributed by atoms with van der Waals surface area (Å²) in [4.78, 5) is 12.0. The van der Waals surface area contributed by atoms with Crippen molar-refractivity contribution in [2.24, 2.45) is 0 Å². The lowest BCUT2D eigenvalue weighted by atomic mass is 10.0. The van der Waals surface area contributed by atoms with Gasteiger partial charge in [-0.1, -0.05) is 24.6 Å². The second-order valence-corrected chi connectivity index (χ2v) is 6.20. The molecule has 6 nitrogen and oxygen atoms in total. The summed E-state index contributed by atoms with van der Waals surface area (Å²) in [7, 11) is 0. The number of rotatable bonds is 6. The number of nitrogens with one attached hydrogen (secondary N) is 2. The number of nitrogens with zero attached hydrogens (tertiary/aromatic N) is 2. The summed E-state index contributed by atoms with van der Waals surface area (Å²) in [5.74, 6) is 0.746. The number of benzene rings is 1. The molecule has 4 N–H and O–H groups in total. The van der Waals surface area contributed by atoms with Crippen molar-refractivity contribution in [2.75, 3.05) is 18.8 Å². The van der Waals surface area contributed by atoms with Crippen LogP contribution in [0.2, 0.25) is 0 Å². The Bertz CT molecular complexity index is 661. The number of carbonyl (C=O) groups excluding carboxylic acids is 1. The van der Waals surface area contributed by atoms with Crippen LogP contribution < -0.4 is 16.4 Å². The fraction of sp³-hybridized carbons (Fsp3) is 0.444. The largest absolute Gasteiger partial charge is 0.384 e. The molecule has 1 aromatic heterocycles. The van der Waals surface area contributed by atoms with E-state index in [2.05, 4.69) is 15.7 Å². The number of piperidine rings is 1. The zero-order chi connectivity index (χ0) is 16.8. The molecule has 1 saturated heterocycles. The fourth-order valence-electron chi connectivity index (χ4n) is 3.02. The zero-order valence-electron chi connectivity index (χ0n) is 13.9. The van der Waals surface area contributed by atoms with Crippen LogP contribution in [0.25, 0.3) is 5.69 Å². The van der Waals surface area contributed by atoms with Crippen molar-refractivity contribution in [3.05, 3.63) is 42.1 Å². The number of hydrogen-bond acceptors (Lipinski definition) is 4. The fourth-order valence-corrected chi connectivity index (χ4v) is 3.02. The maximum absolute atomic E-state index is 12.0. The molecule has 2 heterocycles. The molecule has 1 aromatic carbocycles. The van der Waals surface area contributed by atoms with Gasteiger partial charge in [0.05, 0.1) is 17.4 Å². The Morgan fingerprint density at radius 2 is 2.17 bits per heavy atom. The molecule has 24 heavy (non-hydrogen) atoms. The molecule has 6 heteroatoms. The van der Waals surface area contributed by atoms with E-state index >= 15 is 0 Å². The van der Waals surface area contributed by atoms with Crippen molar-refractivity contribution in [3.63, 3.8) is 0 Å². The van der Waals surface area contributed by atoms with Crippen molar-refractivity contribution in [1.29, 1.82) is 0 Å². The Balaban J connectivity index is 1.46. The smallest absolute Gasteiger partial charge is 0.237 e. The van der Waals surface area contributed by atoms with Gasteiger partial charge in [0.1, 0.15) is 5.82 Å². The van der Waals surface area contributed by atoms with Gasteiger partial charge in [-0.15, -0.1) is 0 Å². The molecule has 128 valence electrons. The van der Waals surface area contributed by atoms with E-state index in [4.69, 9.17) is 5.73 Å². The molecule has 0 aliphatic carbocycles. The van der Waals surface area contributed by atoms with Crippen LogP contribution in [0.3, 0.4) is 0 Å². The highest BCUT2D eigenvalue weighted by atomic mass is 16.2. The first-order chi connectivity index (χ1) is 11.7. The van der Waals surface area contributed by atoms with Gasteiger partial charge in [-0.05, 0) is 44.4 Å². The van der Waals surface area contributed by atoms with Gasteiger partial charge in [0.15, 0.2) is 0 Å². The van der Waals surface area contributed by atoms with Crippen molar-refractivity contribution in [1.82, 2.24) is 20.4 Å². The van der Waals surface area contributed by atoms with E-state index in [1.165, 1.54) is 0 Å². The number of hydrogen-bond donors (Lipinski definition) is 3. The van der Waals surface area contributed by atoms with Crippen LogP contribution in [0.5, 0.6) is 0 Å². The summed E-state index contributed by atoms with van der Waals surface area (Å²) in [6.07, 6.45) is 4.87. The number of amides is 1. The highest BCUT2D eigenvalue weighted by molar-refractivity contribution is 5.81. The SMILES string of the molecule is Nc1cc(CCCNC(=O)[C@H]2CCCCN2)nn1-c1ccccc1. The molecule has 0 bridgehead atoms. The van der Waals surface area contributed by atoms with Crippen LogP contribution in [0.1, 0.15) is 31.4 Å². The predicted octanol–water partition coefficient (Wildman–Crippen LogP) is 1.65. The quantitative estimate of drug-likeness (QED) is 0.704. The summed E-state index contributed by atoms with van der Waals surface area (Å²) in [6.45, 7) is 1.60. The van der Waals surface area contributed by atoms with Crippen LogP contribution >= 0.6 is 0 Å². The lowest BCUT2D eigenvalue weighted by Crippen LogP contribution is -2.46. The number of aromatic nitrogens is 2. The second-order valence-electron chi connectivity index (χ2n) is 6.20. The molecule has 0 spiro atoms. The molecule has 1 atom stereocenters. The molecule has 2 aromatic rings. The molecular weight excluding hydrogens is 302 g/mol. The average Bonchev–Trinajstić information content (AvgIpc) is 3.01. The minimum absolute atomic E-state index is 0.0216. The van der Waals surface area contributed by atoms with Crippen molar-refractivity contribution >= 4 is 11.7 Å². The van der Waals surface area contributed by atoms with Crippen LogP contribution in [0.4, 0.5) is 5.82 Å². The summed E-state index contributed by atoms with van der Waals surface area (Å²) in [5.41, 5.74) is 7.95. The highest BCUT2D eigenvalue weighted by Crippen LogP contribution is 2.15. The van der Waals surface area contributed by atoms with E-state index in [0.717, 1.165) is 50.0 Å². The number of aryl methyl sites for hydroxylation is 1. The number of nitrogens with two attached hydrogens (primary N) is 1. The third kappa shape index (κ3) is 4.14. The lowest BCUT2D eigenvalue weighted by Gasteiger charge is -2.22. The second kappa shape index (κ2) is 7.97. The van der Waals surface area contributed by atoms with Crippen LogP contribution in [0, 0.1) is 0 Å². The molecule has 1 aliphatic rings. The molecular formula is C18H25N5O. The Morgan fingerprint density at radius 3 is 2.92 bits per heavy atom. The number of para-hydroxylation sites is 1. The van der Waals surface area contributed by atoms with Gasteiger partial charge in [0.2, 0.25) is 5.91 Å². The molecule has 1 fully saturated rings. The molecule has 0 unspecified atom stereocenters. The first-order valence-electron chi connectivity index (χ1n) is 8.65. The first-order valence-corrected chi connectivity index (χ1v) is 8.65. The van der Waals surface area contributed by atoms with Gasteiger partial charge in [-0.2, -0.15) is 5.10 Å². The minimum atomic E-state index is -0.0216. The van der Waals surface area contributed by atoms with Crippen LogP contribution in [0.15, 0.2) is 36.4 Å². The van der Waals surface area contributed by atoms with Crippen LogP contribution in [-0.4, -0.2) is 34.8 Å². The van der Waals surface area contributed by atoms with Crippen LogP contribution in [-0.2, 0) is 11.2 Å². The Hall–Kier alpha value is -2.34. The van der Waals surface area contributed by atoms with Crippen molar-refractivity contribution < 1.29 is 4.79 Å². The summed E-state index contributed by atoms with van der Waals surface area (Å²) < 4.78 is 1.75. The number of carbonyl (C=O) groups is 1. The van der Waals surface area contributed by atoms with Gasteiger partial charge >= 0.3 is 0 Å². The van der Waals surface area contributed by atoms with Gasteiger partial charge in [-0.25, -0.2) is 4.68 Å². The molecule has 0 radical (unpaired) electrons. The van der Waals surface area contributed by atoms with E-state index in [1.54, 1.807) is 4.68 Å². The standard InChI is InChI=1S/C18H25N5O/c19-17-13-14(22-23(17)15-8-2-1-3-9-15)7-6-12-21-18(24)16-10-4-5-11-20-16/h1-3,8-9,13,16,20H,4-7,10-12,19H2,(H,21,24)/t16-/m1/s1. The average molecular weight is 327 g/mol. The van der Waals surface area contributed by atoms with E-state index in [0.29, 0.717) is 12.4 Å². The summed E-state index contributed by atoms with van der Waals surface area (Å²) in [5, 5.41) is 10.8. The Kier molecular flexibility index (Phi) is 5.48. The molecule has 0 saturated carbocycles. The van der Waals surface area contributed by atoms with E-state index in [9.17, 15) is 4.79 Å². The lowest BCUT2D eigenvalue weighted by molar-refractivity contribution is -0.123. The number of anilines is 1. The molecule has 1 amide bonds. The minimum Gasteiger partial charge on any atom is -0.384 e. The van der Waals surface area contributed by atoms with Gasteiger partial charge in [-0.3, -0.25) is 4.79 Å². The van der Waals surface area contributed by atoms with E-state index < -0.39 is 0 Å². The normalized spacial score (nSPS) is 17.6. The first kappa shape index (κ1) is 16.5. The molecule has 1 aliphatic heterocycles. The van der Waals surface area contributed by atoms with Crippen molar-refractivity contribution in [2.45, 2.75) is 38.1 Å².